The molecule has 0 aliphatic carbocycles. The molecule has 7 nitrogen and oxygen atoms in total. The second kappa shape index (κ2) is 6.66. The van der Waals surface area contributed by atoms with E-state index in [1.165, 1.54) is 18.2 Å². The molecule has 1 aliphatic heterocycles. The fourth-order valence-corrected chi connectivity index (χ4v) is 3.48. The third kappa shape index (κ3) is 4.04. The molecule has 8 heteroatoms. The number of esters is 1. The monoisotopic (exact) mass is 360 g/mol. The summed E-state index contributed by atoms with van der Waals surface area (Å²) in [7, 11) is -3.88. The van der Waals surface area contributed by atoms with Crippen LogP contribution >= 0.6 is 0 Å². The van der Waals surface area contributed by atoms with Crippen molar-refractivity contribution >= 4 is 27.6 Å². The molecule has 130 valence electrons. The molecule has 1 amide bonds. The standard InChI is InChI=1S/C17H16N2O5S/c1-11-3-2-4-13(7-11)24-17(21)10-18-25(22,23)14-5-6-15-12(8-14)9-16(20)19-15/h2-8,18H,9-10H2,1H3,(H,19,20). The maximum Gasteiger partial charge on any atom is 0.326 e. The highest BCUT2D eigenvalue weighted by molar-refractivity contribution is 7.89. The number of hydrogen-bond donors (Lipinski definition) is 2. The van der Waals surface area contributed by atoms with E-state index in [4.69, 9.17) is 4.74 Å². The van der Waals surface area contributed by atoms with Crippen molar-refractivity contribution in [2.24, 2.45) is 0 Å². The number of aryl methyl sites for hydroxylation is 1. The van der Waals surface area contributed by atoms with Crippen LogP contribution in [0.4, 0.5) is 5.69 Å². The first-order valence-electron chi connectivity index (χ1n) is 7.53. The normalized spacial score (nSPS) is 13.2. The lowest BCUT2D eigenvalue weighted by Gasteiger charge is -2.08. The highest BCUT2D eigenvalue weighted by Gasteiger charge is 2.22. The molecule has 0 spiro atoms. The number of fused-ring (bicyclic) bond motifs is 1. The molecule has 2 N–H and O–H groups in total. The smallest absolute Gasteiger partial charge is 0.326 e. The van der Waals surface area contributed by atoms with Gasteiger partial charge in [0.1, 0.15) is 12.3 Å². The van der Waals surface area contributed by atoms with Crippen molar-refractivity contribution in [2.75, 3.05) is 11.9 Å². The van der Waals surface area contributed by atoms with E-state index in [2.05, 4.69) is 10.0 Å². The summed E-state index contributed by atoms with van der Waals surface area (Å²) < 4.78 is 31.9. The third-order valence-corrected chi connectivity index (χ3v) is 5.04. The predicted octanol–water partition coefficient (Wildman–Crippen LogP) is 1.37. The Bertz CT molecular complexity index is 953. The first-order chi connectivity index (χ1) is 11.8. The molecule has 0 unspecified atom stereocenters. The minimum Gasteiger partial charge on any atom is -0.426 e. The van der Waals surface area contributed by atoms with Crippen LogP contribution in [0.3, 0.4) is 0 Å². The maximum absolute atomic E-state index is 12.3. The van der Waals surface area contributed by atoms with Gasteiger partial charge in [-0.25, -0.2) is 8.42 Å². The quantitative estimate of drug-likeness (QED) is 0.619. The zero-order chi connectivity index (χ0) is 18.0. The second-order valence-corrected chi connectivity index (χ2v) is 7.43. The molecule has 2 aromatic rings. The molecule has 0 fully saturated rings. The van der Waals surface area contributed by atoms with Crippen molar-refractivity contribution < 1.29 is 22.7 Å². The molecule has 0 bridgehead atoms. The molecule has 0 atom stereocenters. The molecule has 0 radical (unpaired) electrons. The van der Waals surface area contributed by atoms with Crippen LogP contribution in [0, 0.1) is 6.92 Å². The van der Waals surface area contributed by atoms with Gasteiger partial charge in [0.15, 0.2) is 0 Å². The Labute approximate surface area is 145 Å². The Balaban J connectivity index is 1.65. The van der Waals surface area contributed by atoms with Gasteiger partial charge in [-0.15, -0.1) is 0 Å². The minimum atomic E-state index is -3.88. The predicted molar refractivity (Wildman–Crippen MR) is 90.8 cm³/mol. The van der Waals surface area contributed by atoms with Gasteiger partial charge in [-0.1, -0.05) is 12.1 Å². The van der Waals surface area contributed by atoms with E-state index in [1.54, 1.807) is 18.2 Å². The highest BCUT2D eigenvalue weighted by atomic mass is 32.2. The van der Waals surface area contributed by atoms with Crippen molar-refractivity contribution in [3.63, 3.8) is 0 Å². The van der Waals surface area contributed by atoms with E-state index in [0.29, 0.717) is 17.0 Å². The number of rotatable bonds is 5. The van der Waals surface area contributed by atoms with E-state index in [1.807, 2.05) is 13.0 Å². The molecule has 3 rings (SSSR count). The van der Waals surface area contributed by atoms with Gasteiger partial charge in [0.2, 0.25) is 15.9 Å². The van der Waals surface area contributed by atoms with E-state index < -0.39 is 22.5 Å². The van der Waals surface area contributed by atoms with Gasteiger partial charge in [-0.2, -0.15) is 4.72 Å². The fraction of sp³-hybridized carbons (Fsp3) is 0.176. The Morgan fingerprint density at radius 2 is 2.04 bits per heavy atom. The van der Waals surface area contributed by atoms with Gasteiger partial charge < -0.3 is 10.1 Å². The van der Waals surface area contributed by atoms with E-state index >= 15 is 0 Å². The summed E-state index contributed by atoms with van der Waals surface area (Å²) in [6.07, 6.45) is 0.133. The Kier molecular flexibility index (Phi) is 4.56. The number of nitrogens with one attached hydrogen (secondary N) is 2. The Morgan fingerprint density at radius 3 is 2.80 bits per heavy atom. The molecule has 25 heavy (non-hydrogen) atoms. The van der Waals surface area contributed by atoms with Gasteiger partial charge in [-0.3, -0.25) is 9.59 Å². The number of anilines is 1. The summed E-state index contributed by atoms with van der Waals surface area (Å²) in [6.45, 7) is 1.36. The number of hydrogen-bond acceptors (Lipinski definition) is 5. The van der Waals surface area contributed by atoms with Crippen molar-refractivity contribution in [1.82, 2.24) is 4.72 Å². The van der Waals surface area contributed by atoms with Gasteiger partial charge in [0, 0.05) is 5.69 Å². The molecular formula is C17H16N2O5S. The molecule has 0 saturated carbocycles. The van der Waals surface area contributed by atoms with Crippen molar-refractivity contribution in [2.45, 2.75) is 18.2 Å². The molecule has 2 aromatic carbocycles. The van der Waals surface area contributed by atoms with Gasteiger partial charge >= 0.3 is 5.97 Å². The lowest BCUT2D eigenvalue weighted by molar-refractivity contribution is -0.133. The van der Waals surface area contributed by atoms with Crippen LogP contribution in [-0.4, -0.2) is 26.8 Å². The van der Waals surface area contributed by atoms with Crippen LogP contribution in [0.5, 0.6) is 5.75 Å². The van der Waals surface area contributed by atoms with Crippen LogP contribution < -0.4 is 14.8 Å². The number of sulfonamides is 1. The number of benzene rings is 2. The van der Waals surface area contributed by atoms with E-state index in [-0.39, 0.29) is 17.2 Å². The summed E-state index contributed by atoms with van der Waals surface area (Å²) in [5.41, 5.74) is 2.13. The van der Waals surface area contributed by atoms with E-state index in [9.17, 15) is 18.0 Å². The third-order valence-electron chi connectivity index (χ3n) is 3.64. The molecule has 0 saturated heterocycles. The SMILES string of the molecule is Cc1cccc(OC(=O)CNS(=O)(=O)c2ccc3c(c2)CC(=O)N3)c1. The van der Waals surface area contributed by atoms with Crippen molar-refractivity contribution in [3.05, 3.63) is 53.6 Å². The fourth-order valence-electron chi connectivity index (χ4n) is 2.46. The van der Waals surface area contributed by atoms with Crippen LogP contribution in [0.2, 0.25) is 0 Å². The Morgan fingerprint density at radius 1 is 1.24 bits per heavy atom. The zero-order valence-electron chi connectivity index (χ0n) is 13.4. The zero-order valence-corrected chi connectivity index (χ0v) is 14.2. The van der Waals surface area contributed by atoms with E-state index in [0.717, 1.165) is 5.56 Å². The lowest BCUT2D eigenvalue weighted by Crippen LogP contribution is -2.32. The van der Waals surface area contributed by atoms with Crippen LogP contribution in [0.1, 0.15) is 11.1 Å². The van der Waals surface area contributed by atoms with Gasteiger partial charge in [0.05, 0.1) is 11.3 Å². The van der Waals surface area contributed by atoms with Crippen molar-refractivity contribution in [3.8, 4) is 5.75 Å². The van der Waals surface area contributed by atoms with Crippen LogP contribution in [-0.2, 0) is 26.0 Å². The first kappa shape index (κ1) is 17.1. The van der Waals surface area contributed by atoms with Crippen molar-refractivity contribution in [1.29, 1.82) is 0 Å². The highest BCUT2D eigenvalue weighted by Crippen LogP contribution is 2.25. The topological polar surface area (TPSA) is 102 Å². The Hall–Kier alpha value is -2.71. The lowest BCUT2D eigenvalue weighted by atomic mass is 10.2. The first-order valence-corrected chi connectivity index (χ1v) is 9.01. The summed E-state index contributed by atoms with van der Waals surface area (Å²) >= 11 is 0. The summed E-state index contributed by atoms with van der Waals surface area (Å²) in [6, 6.07) is 11.2. The number of carbonyl (C=O) groups is 2. The largest absolute Gasteiger partial charge is 0.426 e. The van der Waals surface area contributed by atoms with Crippen LogP contribution in [0.25, 0.3) is 0 Å². The molecular weight excluding hydrogens is 344 g/mol. The second-order valence-electron chi connectivity index (χ2n) is 5.66. The molecule has 1 aliphatic rings. The summed E-state index contributed by atoms with van der Waals surface area (Å²) in [4.78, 5) is 23.2. The molecule has 0 aromatic heterocycles. The van der Waals surface area contributed by atoms with Gasteiger partial charge in [-0.05, 0) is 48.4 Å². The van der Waals surface area contributed by atoms with Crippen LogP contribution in [0.15, 0.2) is 47.4 Å². The average Bonchev–Trinajstić information content (AvgIpc) is 2.92. The molecule has 1 heterocycles. The summed E-state index contributed by atoms with van der Waals surface area (Å²) in [5.74, 6) is -0.544. The minimum absolute atomic E-state index is 0.00824. The number of carbonyl (C=O) groups excluding carboxylic acids is 2. The number of amides is 1. The van der Waals surface area contributed by atoms with Gasteiger partial charge in [0.25, 0.3) is 0 Å². The maximum atomic E-state index is 12.3. The summed E-state index contributed by atoms with van der Waals surface area (Å²) in [5, 5.41) is 2.63. The number of ether oxygens (including phenoxy) is 1. The average molecular weight is 360 g/mol.